The van der Waals surface area contributed by atoms with E-state index in [0.29, 0.717) is 11.3 Å². The van der Waals surface area contributed by atoms with E-state index in [1.54, 1.807) is 24.3 Å². The van der Waals surface area contributed by atoms with Gasteiger partial charge in [0.1, 0.15) is 12.2 Å². The third-order valence-electron chi connectivity index (χ3n) is 2.40. The fourth-order valence-corrected chi connectivity index (χ4v) is 1.67. The molecule has 0 fully saturated rings. The third kappa shape index (κ3) is 2.27. The van der Waals surface area contributed by atoms with Crippen LogP contribution in [0.2, 0.25) is 0 Å². The number of hydrogen-bond donors (Lipinski definition) is 1. The fourth-order valence-electron chi connectivity index (χ4n) is 1.67. The first-order chi connectivity index (χ1) is 8.59. The minimum absolute atomic E-state index is 0.183. The molecule has 0 saturated carbocycles. The Morgan fingerprint density at radius 2 is 1.94 bits per heavy atom. The van der Waals surface area contributed by atoms with E-state index < -0.39 is 5.97 Å². The quantitative estimate of drug-likeness (QED) is 0.819. The van der Waals surface area contributed by atoms with E-state index in [2.05, 4.69) is 10.3 Å². The van der Waals surface area contributed by atoms with Gasteiger partial charge in [0.15, 0.2) is 11.5 Å². The maximum atomic E-state index is 11.5. The van der Waals surface area contributed by atoms with Gasteiger partial charge in [0.25, 0.3) is 0 Å². The van der Waals surface area contributed by atoms with Crippen LogP contribution in [0.4, 0.5) is 0 Å². The molecule has 0 spiro atoms. The molecule has 1 aromatic heterocycles. The van der Waals surface area contributed by atoms with Crippen LogP contribution in [0.15, 0.2) is 30.3 Å². The van der Waals surface area contributed by atoms with Gasteiger partial charge in [0, 0.05) is 12.5 Å². The highest BCUT2D eigenvalue weighted by Gasteiger charge is 2.19. The monoisotopic (exact) mass is 245 g/mol. The maximum absolute atomic E-state index is 11.5. The zero-order valence-electron chi connectivity index (χ0n) is 9.70. The number of carboxylic acids is 1. The van der Waals surface area contributed by atoms with Crippen molar-refractivity contribution in [2.45, 2.75) is 13.5 Å². The number of carboxylic acid groups (broad SMARTS) is 1. The molecule has 0 aliphatic rings. The van der Waals surface area contributed by atoms with Crippen molar-refractivity contribution in [1.82, 2.24) is 15.0 Å². The van der Waals surface area contributed by atoms with Crippen molar-refractivity contribution in [1.29, 1.82) is 0 Å². The highest BCUT2D eigenvalue weighted by Crippen LogP contribution is 2.22. The molecule has 2 rings (SSSR count). The molecule has 0 aliphatic carbocycles. The average molecular weight is 245 g/mol. The van der Waals surface area contributed by atoms with E-state index in [1.807, 2.05) is 6.07 Å². The van der Waals surface area contributed by atoms with Gasteiger partial charge >= 0.3 is 5.97 Å². The summed E-state index contributed by atoms with van der Waals surface area (Å²) in [6.07, 6.45) is 0. The predicted octanol–water partition coefficient (Wildman–Crippen LogP) is 1.23. The summed E-state index contributed by atoms with van der Waals surface area (Å²) in [6, 6.07) is 9.00. The minimum Gasteiger partial charge on any atom is -0.480 e. The Morgan fingerprint density at radius 3 is 2.50 bits per heavy atom. The number of aromatic nitrogens is 3. The van der Waals surface area contributed by atoms with Crippen LogP contribution in [0.1, 0.15) is 17.4 Å². The van der Waals surface area contributed by atoms with Gasteiger partial charge < -0.3 is 5.11 Å². The molecule has 1 heterocycles. The summed E-state index contributed by atoms with van der Waals surface area (Å²) in [5.74, 6) is -1.28. The van der Waals surface area contributed by atoms with Crippen molar-refractivity contribution in [3.05, 3.63) is 36.0 Å². The van der Waals surface area contributed by atoms with E-state index in [9.17, 15) is 9.59 Å². The standard InChI is InChI=1S/C12H11N3O3/c1-8(16)11-12(9-5-3-2-4-6-9)15(14-13-11)7-10(17)18/h2-6H,7H2,1H3,(H,17,18). The number of Topliss-reactive ketones (excluding diaryl/α,β-unsaturated/α-hetero) is 1. The molecule has 0 amide bonds. The lowest BCUT2D eigenvalue weighted by Gasteiger charge is -2.04. The van der Waals surface area contributed by atoms with Gasteiger partial charge in [0.05, 0.1) is 0 Å². The molecule has 0 bridgehead atoms. The second-order valence-corrected chi connectivity index (χ2v) is 3.76. The molecule has 0 saturated heterocycles. The maximum Gasteiger partial charge on any atom is 0.325 e. The Kier molecular flexibility index (Phi) is 3.18. The number of benzene rings is 1. The first kappa shape index (κ1) is 12.0. The van der Waals surface area contributed by atoms with Crippen LogP contribution in [-0.4, -0.2) is 31.9 Å². The number of ketones is 1. The zero-order chi connectivity index (χ0) is 13.1. The molecule has 6 heteroatoms. The molecule has 0 aliphatic heterocycles. The molecule has 1 N–H and O–H groups in total. The number of aliphatic carboxylic acids is 1. The summed E-state index contributed by atoms with van der Waals surface area (Å²) >= 11 is 0. The highest BCUT2D eigenvalue weighted by molar-refractivity contribution is 5.98. The summed E-state index contributed by atoms with van der Waals surface area (Å²) in [4.78, 5) is 22.2. The van der Waals surface area contributed by atoms with Crippen LogP contribution in [0.5, 0.6) is 0 Å². The van der Waals surface area contributed by atoms with Crippen molar-refractivity contribution in [2.24, 2.45) is 0 Å². The Morgan fingerprint density at radius 1 is 1.28 bits per heavy atom. The van der Waals surface area contributed by atoms with Gasteiger partial charge in [-0.15, -0.1) is 5.10 Å². The van der Waals surface area contributed by atoms with Crippen LogP contribution in [0.25, 0.3) is 11.3 Å². The second kappa shape index (κ2) is 4.79. The first-order valence-corrected chi connectivity index (χ1v) is 5.31. The van der Waals surface area contributed by atoms with Crippen LogP contribution in [0.3, 0.4) is 0 Å². The lowest BCUT2D eigenvalue weighted by molar-refractivity contribution is -0.137. The van der Waals surface area contributed by atoms with Crippen LogP contribution < -0.4 is 0 Å². The molecular weight excluding hydrogens is 234 g/mol. The highest BCUT2D eigenvalue weighted by atomic mass is 16.4. The van der Waals surface area contributed by atoms with Gasteiger partial charge in [-0.1, -0.05) is 35.5 Å². The van der Waals surface area contributed by atoms with Crippen LogP contribution >= 0.6 is 0 Å². The third-order valence-corrected chi connectivity index (χ3v) is 2.40. The van der Waals surface area contributed by atoms with Gasteiger partial charge in [-0.2, -0.15) is 0 Å². The van der Waals surface area contributed by atoms with E-state index in [4.69, 9.17) is 5.11 Å². The van der Waals surface area contributed by atoms with E-state index in [1.165, 1.54) is 11.6 Å². The molecule has 1 aromatic carbocycles. The zero-order valence-corrected chi connectivity index (χ0v) is 9.70. The van der Waals surface area contributed by atoms with E-state index in [-0.39, 0.29) is 18.0 Å². The van der Waals surface area contributed by atoms with Crippen molar-refractivity contribution >= 4 is 11.8 Å². The lowest BCUT2D eigenvalue weighted by atomic mass is 10.1. The van der Waals surface area contributed by atoms with Crippen molar-refractivity contribution in [2.75, 3.05) is 0 Å². The van der Waals surface area contributed by atoms with Gasteiger partial charge in [-0.25, -0.2) is 4.68 Å². The first-order valence-electron chi connectivity index (χ1n) is 5.31. The Labute approximate surface area is 103 Å². The average Bonchev–Trinajstić information content (AvgIpc) is 2.73. The number of carbonyl (C=O) groups excluding carboxylic acids is 1. The SMILES string of the molecule is CC(=O)c1nnn(CC(=O)O)c1-c1ccccc1. The summed E-state index contributed by atoms with van der Waals surface area (Å²) < 4.78 is 1.22. The minimum atomic E-state index is -1.04. The summed E-state index contributed by atoms with van der Waals surface area (Å²) in [5, 5.41) is 16.3. The topological polar surface area (TPSA) is 85.1 Å². The van der Waals surface area contributed by atoms with Crippen molar-refractivity contribution < 1.29 is 14.7 Å². The van der Waals surface area contributed by atoms with Crippen molar-refractivity contribution in [3.8, 4) is 11.3 Å². The molecule has 0 atom stereocenters. The van der Waals surface area contributed by atoms with Gasteiger partial charge in [-0.05, 0) is 0 Å². The lowest BCUT2D eigenvalue weighted by Crippen LogP contribution is -2.12. The Hall–Kier alpha value is -2.50. The van der Waals surface area contributed by atoms with Gasteiger partial charge in [-0.3, -0.25) is 9.59 Å². The summed E-state index contributed by atoms with van der Waals surface area (Å²) in [7, 11) is 0. The Balaban J connectivity index is 2.57. The van der Waals surface area contributed by atoms with Crippen LogP contribution in [0, 0.1) is 0 Å². The van der Waals surface area contributed by atoms with E-state index in [0.717, 1.165) is 0 Å². The molecule has 18 heavy (non-hydrogen) atoms. The Bertz CT molecular complexity index is 590. The van der Waals surface area contributed by atoms with E-state index >= 15 is 0 Å². The molecule has 0 unspecified atom stereocenters. The predicted molar refractivity (Wildman–Crippen MR) is 63.1 cm³/mol. The molecule has 0 radical (unpaired) electrons. The van der Waals surface area contributed by atoms with Gasteiger partial charge in [0.2, 0.25) is 0 Å². The summed E-state index contributed by atoms with van der Waals surface area (Å²) in [6.45, 7) is 1.05. The van der Waals surface area contributed by atoms with Crippen LogP contribution in [-0.2, 0) is 11.3 Å². The number of nitrogens with zero attached hydrogens (tertiary/aromatic N) is 3. The number of hydrogen-bond acceptors (Lipinski definition) is 4. The van der Waals surface area contributed by atoms with Crippen molar-refractivity contribution in [3.63, 3.8) is 0 Å². The molecular formula is C12H11N3O3. The fraction of sp³-hybridized carbons (Fsp3) is 0.167. The number of carbonyl (C=O) groups is 2. The summed E-state index contributed by atoms with van der Waals surface area (Å²) in [5.41, 5.74) is 1.34. The normalized spacial score (nSPS) is 10.3. The molecule has 92 valence electrons. The largest absolute Gasteiger partial charge is 0.480 e. The molecule has 6 nitrogen and oxygen atoms in total. The second-order valence-electron chi connectivity index (χ2n) is 3.76. The molecule has 2 aromatic rings. The number of rotatable bonds is 4. The smallest absolute Gasteiger partial charge is 0.325 e.